The van der Waals surface area contributed by atoms with Crippen molar-refractivity contribution >= 4 is 0 Å². The third-order valence-corrected chi connectivity index (χ3v) is 3.10. The summed E-state index contributed by atoms with van der Waals surface area (Å²) < 4.78 is 2.04. The van der Waals surface area contributed by atoms with E-state index in [9.17, 15) is 0 Å². The Bertz CT molecular complexity index is 465. The minimum absolute atomic E-state index is 0.254. The Hall–Kier alpha value is -1.72. The van der Waals surface area contributed by atoms with E-state index in [1.807, 2.05) is 48.5 Å². The van der Waals surface area contributed by atoms with Gasteiger partial charge in [0.1, 0.15) is 5.82 Å². The summed E-state index contributed by atoms with van der Waals surface area (Å²) in [5.74, 6) is 6.69. The quantitative estimate of drug-likeness (QED) is 0.584. The molecule has 96 valence electrons. The van der Waals surface area contributed by atoms with Crippen molar-refractivity contribution in [1.82, 2.24) is 20.0 Å². The van der Waals surface area contributed by atoms with Crippen molar-refractivity contribution in [3.05, 3.63) is 48.3 Å². The first kappa shape index (κ1) is 12.7. The fourth-order valence-corrected chi connectivity index (χ4v) is 1.99. The lowest BCUT2D eigenvalue weighted by atomic mass is 10.0. The first-order valence-corrected chi connectivity index (χ1v) is 6.11. The minimum Gasteiger partial charge on any atom is -0.338 e. The van der Waals surface area contributed by atoms with Crippen molar-refractivity contribution in [2.75, 3.05) is 0 Å². The number of aryl methyl sites for hydroxylation is 2. The third-order valence-electron chi connectivity index (χ3n) is 3.10. The summed E-state index contributed by atoms with van der Waals surface area (Å²) in [6, 6.07) is 4.29. The standard InChI is InChI=1S/C13H19N5/c1-18-9-8-16-13(18)3-2-12(17-14)10-11-4-6-15-7-5-11/h4-9,12,17H,2-3,10,14H2,1H3. The zero-order valence-corrected chi connectivity index (χ0v) is 10.6. The van der Waals surface area contributed by atoms with Gasteiger partial charge in [-0.25, -0.2) is 4.98 Å². The maximum absolute atomic E-state index is 5.61. The zero-order chi connectivity index (χ0) is 12.8. The summed E-state index contributed by atoms with van der Waals surface area (Å²) in [5, 5.41) is 0. The highest BCUT2D eigenvalue weighted by Gasteiger charge is 2.09. The Morgan fingerprint density at radius 3 is 2.72 bits per heavy atom. The van der Waals surface area contributed by atoms with Gasteiger partial charge in [-0.3, -0.25) is 16.3 Å². The van der Waals surface area contributed by atoms with Gasteiger partial charge < -0.3 is 4.57 Å². The van der Waals surface area contributed by atoms with Crippen LogP contribution in [0.15, 0.2) is 36.9 Å². The molecule has 1 unspecified atom stereocenters. The number of imidazole rings is 1. The average Bonchev–Trinajstić information content (AvgIpc) is 2.81. The lowest BCUT2D eigenvalue weighted by Gasteiger charge is -2.15. The van der Waals surface area contributed by atoms with Crippen molar-refractivity contribution in [3.8, 4) is 0 Å². The summed E-state index contributed by atoms with van der Waals surface area (Å²) in [6.07, 6.45) is 10.2. The smallest absolute Gasteiger partial charge is 0.108 e. The first-order valence-electron chi connectivity index (χ1n) is 6.11. The highest BCUT2D eigenvalue weighted by molar-refractivity contribution is 5.11. The first-order chi connectivity index (χ1) is 8.79. The highest BCUT2D eigenvalue weighted by atomic mass is 15.2. The molecule has 2 heterocycles. The number of nitrogens with one attached hydrogen (secondary N) is 1. The van der Waals surface area contributed by atoms with Gasteiger partial charge in [-0.15, -0.1) is 0 Å². The molecular weight excluding hydrogens is 226 g/mol. The zero-order valence-electron chi connectivity index (χ0n) is 10.6. The normalized spacial score (nSPS) is 12.6. The lowest BCUT2D eigenvalue weighted by molar-refractivity contribution is 0.483. The number of hydrogen-bond acceptors (Lipinski definition) is 4. The molecule has 0 spiro atoms. The molecule has 0 bridgehead atoms. The SMILES string of the molecule is Cn1ccnc1CCC(Cc1ccncc1)NN. The van der Waals surface area contributed by atoms with Crippen LogP contribution >= 0.6 is 0 Å². The van der Waals surface area contributed by atoms with E-state index in [0.717, 1.165) is 25.1 Å². The van der Waals surface area contributed by atoms with E-state index in [0.29, 0.717) is 0 Å². The van der Waals surface area contributed by atoms with Gasteiger partial charge in [0.2, 0.25) is 0 Å². The molecule has 18 heavy (non-hydrogen) atoms. The maximum Gasteiger partial charge on any atom is 0.108 e. The van der Waals surface area contributed by atoms with Crippen molar-refractivity contribution in [1.29, 1.82) is 0 Å². The van der Waals surface area contributed by atoms with Gasteiger partial charge in [0, 0.05) is 44.3 Å². The fourth-order valence-electron chi connectivity index (χ4n) is 1.99. The molecule has 5 nitrogen and oxygen atoms in total. The van der Waals surface area contributed by atoms with Crippen LogP contribution in [-0.4, -0.2) is 20.6 Å². The van der Waals surface area contributed by atoms with Crippen LogP contribution in [0.4, 0.5) is 0 Å². The Morgan fingerprint density at radius 1 is 1.33 bits per heavy atom. The number of rotatable bonds is 6. The largest absolute Gasteiger partial charge is 0.338 e. The average molecular weight is 245 g/mol. The van der Waals surface area contributed by atoms with Crippen LogP contribution in [0, 0.1) is 0 Å². The van der Waals surface area contributed by atoms with Crippen molar-refractivity contribution in [2.45, 2.75) is 25.3 Å². The molecular formula is C13H19N5. The Morgan fingerprint density at radius 2 is 2.11 bits per heavy atom. The van der Waals surface area contributed by atoms with Gasteiger partial charge in [-0.1, -0.05) is 0 Å². The minimum atomic E-state index is 0.254. The van der Waals surface area contributed by atoms with Crippen LogP contribution in [0.5, 0.6) is 0 Å². The third kappa shape index (κ3) is 3.38. The fraction of sp³-hybridized carbons (Fsp3) is 0.385. The van der Waals surface area contributed by atoms with E-state index < -0.39 is 0 Å². The molecule has 2 aromatic heterocycles. The van der Waals surface area contributed by atoms with Crippen molar-refractivity contribution < 1.29 is 0 Å². The second-order valence-electron chi connectivity index (χ2n) is 4.42. The highest BCUT2D eigenvalue weighted by Crippen LogP contribution is 2.07. The summed E-state index contributed by atoms with van der Waals surface area (Å²) in [5.41, 5.74) is 4.12. The van der Waals surface area contributed by atoms with Gasteiger partial charge in [-0.2, -0.15) is 0 Å². The number of hydrogen-bond donors (Lipinski definition) is 2. The van der Waals surface area contributed by atoms with Gasteiger partial charge in [0.15, 0.2) is 0 Å². The Balaban J connectivity index is 1.88. The Kier molecular flexibility index (Phi) is 4.44. The van der Waals surface area contributed by atoms with E-state index in [4.69, 9.17) is 5.84 Å². The summed E-state index contributed by atoms with van der Waals surface area (Å²) >= 11 is 0. The van der Waals surface area contributed by atoms with Crippen molar-refractivity contribution in [3.63, 3.8) is 0 Å². The summed E-state index contributed by atoms with van der Waals surface area (Å²) in [4.78, 5) is 8.33. The number of nitrogens with zero attached hydrogens (tertiary/aromatic N) is 3. The van der Waals surface area contributed by atoms with E-state index in [2.05, 4.69) is 15.4 Å². The number of pyridine rings is 1. The number of nitrogens with two attached hydrogens (primary N) is 1. The molecule has 1 atom stereocenters. The van der Waals surface area contributed by atoms with Gasteiger partial charge in [0.25, 0.3) is 0 Å². The van der Waals surface area contributed by atoms with E-state index >= 15 is 0 Å². The molecule has 0 amide bonds. The molecule has 2 rings (SSSR count). The molecule has 2 aromatic rings. The Labute approximate surface area is 107 Å². The monoisotopic (exact) mass is 245 g/mol. The predicted molar refractivity (Wildman–Crippen MR) is 70.6 cm³/mol. The molecule has 0 radical (unpaired) electrons. The van der Waals surface area contributed by atoms with E-state index in [1.165, 1.54) is 5.56 Å². The van der Waals surface area contributed by atoms with Gasteiger partial charge in [0.05, 0.1) is 0 Å². The summed E-state index contributed by atoms with van der Waals surface area (Å²) in [6.45, 7) is 0. The molecule has 0 aromatic carbocycles. The molecule has 0 aliphatic carbocycles. The number of hydrazine groups is 1. The van der Waals surface area contributed by atoms with Crippen LogP contribution in [-0.2, 0) is 19.9 Å². The van der Waals surface area contributed by atoms with Crippen LogP contribution in [0.3, 0.4) is 0 Å². The summed E-state index contributed by atoms with van der Waals surface area (Å²) in [7, 11) is 2.01. The molecule has 0 saturated heterocycles. The molecule has 0 saturated carbocycles. The molecule has 3 N–H and O–H groups in total. The maximum atomic E-state index is 5.61. The lowest BCUT2D eigenvalue weighted by Crippen LogP contribution is -2.37. The van der Waals surface area contributed by atoms with Crippen LogP contribution < -0.4 is 11.3 Å². The van der Waals surface area contributed by atoms with Crippen LogP contribution in [0.2, 0.25) is 0 Å². The molecule has 0 aliphatic heterocycles. The predicted octanol–water partition coefficient (Wildman–Crippen LogP) is 0.822. The number of aromatic nitrogens is 3. The van der Waals surface area contributed by atoms with Gasteiger partial charge >= 0.3 is 0 Å². The molecule has 0 fully saturated rings. The van der Waals surface area contributed by atoms with E-state index in [-0.39, 0.29) is 6.04 Å². The molecule has 0 aliphatic rings. The second-order valence-corrected chi connectivity index (χ2v) is 4.42. The van der Waals surface area contributed by atoms with Gasteiger partial charge in [-0.05, 0) is 30.5 Å². The molecule has 5 heteroatoms. The van der Waals surface area contributed by atoms with Crippen LogP contribution in [0.25, 0.3) is 0 Å². The van der Waals surface area contributed by atoms with Crippen molar-refractivity contribution in [2.24, 2.45) is 12.9 Å². The van der Waals surface area contributed by atoms with Crippen LogP contribution in [0.1, 0.15) is 17.8 Å². The van der Waals surface area contributed by atoms with E-state index in [1.54, 1.807) is 0 Å². The second kappa shape index (κ2) is 6.28. The topological polar surface area (TPSA) is 68.8 Å².